The molecule has 0 aliphatic rings. The topological polar surface area (TPSA) is 41.6 Å². The summed E-state index contributed by atoms with van der Waals surface area (Å²) in [5, 5.41) is 2.90. The summed E-state index contributed by atoms with van der Waals surface area (Å²) in [6.45, 7) is 4.25. The minimum Gasteiger partial charge on any atom is -0.495 e. The summed E-state index contributed by atoms with van der Waals surface area (Å²) in [6, 6.07) is 11.6. The Morgan fingerprint density at radius 1 is 1.29 bits per heavy atom. The molecule has 0 aromatic heterocycles. The van der Waals surface area contributed by atoms with E-state index in [0.29, 0.717) is 18.0 Å². The fraction of sp³-hybridized carbons (Fsp3) is 0.316. The van der Waals surface area contributed by atoms with Crippen molar-refractivity contribution in [2.24, 2.45) is 0 Å². The molecule has 24 heavy (non-hydrogen) atoms. The Morgan fingerprint density at radius 2 is 2.04 bits per heavy atom. The molecule has 2 aromatic carbocycles. The van der Waals surface area contributed by atoms with Crippen LogP contribution in [0.4, 0.5) is 10.1 Å². The van der Waals surface area contributed by atoms with E-state index in [2.05, 4.69) is 5.32 Å². The molecule has 0 aliphatic carbocycles. The zero-order valence-corrected chi connectivity index (χ0v) is 14.5. The van der Waals surface area contributed by atoms with Gasteiger partial charge >= 0.3 is 0 Å². The van der Waals surface area contributed by atoms with Gasteiger partial charge in [0.25, 0.3) is 0 Å². The largest absolute Gasteiger partial charge is 0.495 e. The average Bonchev–Trinajstić information content (AvgIpc) is 2.54. The number of aryl methyl sites for hydroxylation is 1. The van der Waals surface area contributed by atoms with Gasteiger partial charge in [-0.15, -0.1) is 0 Å². The number of benzene rings is 2. The Morgan fingerprint density at radius 3 is 2.71 bits per heavy atom. The van der Waals surface area contributed by atoms with Crippen LogP contribution in [0.25, 0.3) is 0 Å². The van der Waals surface area contributed by atoms with Crippen molar-refractivity contribution in [1.82, 2.24) is 4.90 Å². The van der Waals surface area contributed by atoms with Crippen molar-refractivity contribution in [1.29, 1.82) is 0 Å². The molecule has 0 saturated carbocycles. The summed E-state index contributed by atoms with van der Waals surface area (Å²) in [5.74, 6) is 0.203. The molecule has 4 nitrogen and oxygen atoms in total. The van der Waals surface area contributed by atoms with E-state index in [0.717, 1.165) is 11.1 Å². The van der Waals surface area contributed by atoms with Crippen LogP contribution in [-0.2, 0) is 11.3 Å². The zero-order chi connectivity index (χ0) is 17.7. The smallest absolute Gasteiger partial charge is 0.241 e. The molecule has 1 N–H and O–H groups in total. The highest BCUT2D eigenvalue weighted by Crippen LogP contribution is 2.25. The van der Waals surface area contributed by atoms with Crippen LogP contribution in [0.3, 0.4) is 0 Å². The maximum atomic E-state index is 13.3. The first-order chi connectivity index (χ1) is 11.4. The van der Waals surface area contributed by atoms with Crippen LogP contribution in [0, 0.1) is 12.7 Å². The summed E-state index contributed by atoms with van der Waals surface area (Å²) in [5.41, 5.74) is 2.51. The van der Waals surface area contributed by atoms with E-state index in [1.165, 1.54) is 12.1 Å². The second kappa shape index (κ2) is 7.93. The van der Waals surface area contributed by atoms with E-state index in [-0.39, 0.29) is 17.8 Å². The Bertz CT molecular complexity index is 718. The summed E-state index contributed by atoms with van der Waals surface area (Å²) in [4.78, 5) is 14.4. The fourth-order valence-electron chi connectivity index (χ4n) is 2.42. The van der Waals surface area contributed by atoms with Crippen LogP contribution in [0.1, 0.15) is 18.1 Å². The molecule has 1 amide bonds. The molecule has 0 bridgehead atoms. The van der Waals surface area contributed by atoms with Gasteiger partial charge in [0.2, 0.25) is 5.91 Å². The molecular formula is C19H23FN2O2. The number of nitrogens with one attached hydrogen (secondary N) is 1. The van der Waals surface area contributed by atoms with Gasteiger partial charge < -0.3 is 10.1 Å². The average molecular weight is 330 g/mol. The lowest BCUT2D eigenvalue weighted by Gasteiger charge is -2.24. The molecule has 0 heterocycles. The molecule has 1 atom stereocenters. The predicted octanol–water partition coefficient (Wildman–Crippen LogP) is 3.60. The standard InChI is InChI=1S/C19H23FN2O2/c1-13-8-9-18(24-4)17(10-13)21-19(23)14(2)22(3)12-15-6-5-7-16(20)11-15/h5-11,14H,12H2,1-4H3,(H,21,23). The minimum absolute atomic E-state index is 0.141. The maximum absolute atomic E-state index is 13.3. The molecule has 0 radical (unpaired) electrons. The second-order valence-electron chi connectivity index (χ2n) is 5.91. The molecule has 128 valence electrons. The second-order valence-corrected chi connectivity index (χ2v) is 5.91. The maximum Gasteiger partial charge on any atom is 0.241 e. The van der Waals surface area contributed by atoms with Gasteiger partial charge in [0.1, 0.15) is 11.6 Å². The van der Waals surface area contributed by atoms with Gasteiger partial charge in [-0.25, -0.2) is 4.39 Å². The number of amides is 1. The van der Waals surface area contributed by atoms with E-state index in [9.17, 15) is 9.18 Å². The zero-order valence-electron chi connectivity index (χ0n) is 14.5. The third-order valence-corrected chi connectivity index (χ3v) is 3.97. The van der Waals surface area contributed by atoms with Gasteiger partial charge in [0.15, 0.2) is 0 Å². The van der Waals surface area contributed by atoms with E-state index >= 15 is 0 Å². The Labute approximate surface area is 142 Å². The number of hydrogen-bond donors (Lipinski definition) is 1. The lowest BCUT2D eigenvalue weighted by molar-refractivity contribution is -0.120. The molecule has 0 saturated heterocycles. The van der Waals surface area contributed by atoms with Gasteiger partial charge in [-0.05, 0) is 56.3 Å². The number of nitrogens with zero attached hydrogens (tertiary/aromatic N) is 1. The Kier molecular flexibility index (Phi) is 5.93. The molecule has 2 rings (SSSR count). The van der Waals surface area contributed by atoms with Gasteiger partial charge in [0, 0.05) is 6.54 Å². The van der Waals surface area contributed by atoms with Gasteiger partial charge in [0.05, 0.1) is 18.8 Å². The van der Waals surface area contributed by atoms with Crippen molar-refractivity contribution in [2.75, 3.05) is 19.5 Å². The molecule has 5 heteroatoms. The summed E-state index contributed by atoms with van der Waals surface area (Å²) in [6.07, 6.45) is 0. The molecule has 2 aromatic rings. The highest BCUT2D eigenvalue weighted by atomic mass is 19.1. The molecule has 0 aliphatic heterocycles. The molecule has 0 spiro atoms. The van der Waals surface area contributed by atoms with Gasteiger partial charge in [-0.3, -0.25) is 9.69 Å². The Balaban J connectivity index is 2.05. The van der Waals surface area contributed by atoms with Crippen molar-refractivity contribution in [3.05, 3.63) is 59.4 Å². The van der Waals surface area contributed by atoms with Crippen molar-refractivity contribution in [2.45, 2.75) is 26.4 Å². The monoisotopic (exact) mass is 330 g/mol. The van der Waals surface area contributed by atoms with Crippen LogP contribution in [0.2, 0.25) is 0 Å². The number of halogens is 1. The van der Waals surface area contributed by atoms with Crippen molar-refractivity contribution < 1.29 is 13.9 Å². The van der Waals surface area contributed by atoms with Crippen molar-refractivity contribution in [3.8, 4) is 5.75 Å². The number of hydrogen-bond acceptors (Lipinski definition) is 3. The number of ether oxygens (including phenoxy) is 1. The van der Waals surface area contributed by atoms with Crippen LogP contribution >= 0.6 is 0 Å². The van der Waals surface area contributed by atoms with Gasteiger partial charge in [-0.2, -0.15) is 0 Å². The van der Waals surface area contributed by atoms with Crippen LogP contribution in [0.5, 0.6) is 5.75 Å². The Hall–Kier alpha value is -2.40. The van der Waals surface area contributed by atoms with Crippen LogP contribution in [0.15, 0.2) is 42.5 Å². The third kappa shape index (κ3) is 4.55. The molecule has 1 unspecified atom stereocenters. The van der Waals surface area contributed by atoms with Crippen molar-refractivity contribution >= 4 is 11.6 Å². The number of likely N-dealkylation sites (N-methyl/N-ethyl adjacent to an activating group) is 1. The van der Waals surface area contributed by atoms with E-state index in [4.69, 9.17) is 4.74 Å². The highest BCUT2D eigenvalue weighted by molar-refractivity contribution is 5.95. The normalized spacial score (nSPS) is 12.1. The molecule has 0 fully saturated rings. The summed E-state index contributed by atoms with van der Waals surface area (Å²) < 4.78 is 18.6. The van der Waals surface area contributed by atoms with E-state index < -0.39 is 0 Å². The number of methoxy groups -OCH3 is 1. The highest BCUT2D eigenvalue weighted by Gasteiger charge is 2.19. The summed E-state index contributed by atoms with van der Waals surface area (Å²) in [7, 11) is 3.41. The lowest BCUT2D eigenvalue weighted by Crippen LogP contribution is -2.39. The summed E-state index contributed by atoms with van der Waals surface area (Å²) >= 11 is 0. The number of carbonyl (C=O) groups excluding carboxylic acids is 1. The minimum atomic E-state index is -0.376. The third-order valence-electron chi connectivity index (χ3n) is 3.97. The van der Waals surface area contributed by atoms with Gasteiger partial charge in [-0.1, -0.05) is 18.2 Å². The van der Waals surface area contributed by atoms with Crippen LogP contribution < -0.4 is 10.1 Å². The quantitative estimate of drug-likeness (QED) is 0.880. The predicted molar refractivity (Wildman–Crippen MR) is 93.7 cm³/mol. The number of rotatable bonds is 6. The van der Waals surface area contributed by atoms with Crippen molar-refractivity contribution in [3.63, 3.8) is 0 Å². The first kappa shape index (κ1) is 17.9. The molecular weight excluding hydrogens is 307 g/mol. The first-order valence-electron chi connectivity index (χ1n) is 7.81. The van der Waals surface area contributed by atoms with E-state index in [1.54, 1.807) is 13.2 Å². The first-order valence-corrected chi connectivity index (χ1v) is 7.81. The van der Waals surface area contributed by atoms with Crippen LogP contribution in [-0.4, -0.2) is 31.0 Å². The number of anilines is 1. The fourth-order valence-corrected chi connectivity index (χ4v) is 2.42. The lowest BCUT2D eigenvalue weighted by atomic mass is 10.1. The number of carbonyl (C=O) groups is 1. The van der Waals surface area contributed by atoms with E-state index in [1.807, 2.05) is 50.1 Å². The SMILES string of the molecule is COc1ccc(C)cc1NC(=O)C(C)N(C)Cc1cccc(F)c1.